The van der Waals surface area contributed by atoms with E-state index in [1.54, 1.807) is 6.08 Å². The number of aliphatic imine (C=N–C) groups is 1. The van der Waals surface area contributed by atoms with Crippen LogP contribution in [-0.2, 0) is 6.54 Å². The van der Waals surface area contributed by atoms with Crippen LogP contribution in [0, 0.1) is 0 Å². The lowest BCUT2D eigenvalue weighted by molar-refractivity contribution is 0.104. The predicted molar refractivity (Wildman–Crippen MR) is 127 cm³/mol. The Morgan fingerprint density at radius 3 is 2.13 bits per heavy atom. The molecule has 0 fully saturated rings. The summed E-state index contributed by atoms with van der Waals surface area (Å²) in [6.45, 7) is 0.850. The van der Waals surface area contributed by atoms with Crippen molar-refractivity contribution >= 4 is 29.4 Å². The van der Waals surface area contributed by atoms with Gasteiger partial charge in [-0.15, -0.1) is 0 Å². The monoisotopic (exact) mass is 397 g/mol. The fourth-order valence-corrected chi connectivity index (χ4v) is 2.94. The summed E-state index contributed by atoms with van der Waals surface area (Å²) >= 11 is 0. The molecule has 0 spiro atoms. The topological polar surface area (TPSA) is 44.7 Å². The summed E-state index contributed by atoms with van der Waals surface area (Å²) in [5.41, 5.74) is 5.86. The van der Waals surface area contributed by atoms with Crippen molar-refractivity contribution in [3.63, 3.8) is 0 Å². The number of nitrogens with zero attached hydrogens (tertiary/aromatic N) is 2. The summed E-state index contributed by atoms with van der Waals surface area (Å²) in [4.78, 5) is 19.0. The van der Waals surface area contributed by atoms with Crippen molar-refractivity contribution < 1.29 is 4.79 Å². The van der Waals surface area contributed by atoms with E-state index in [0.717, 1.165) is 29.0 Å². The zero-order valence-electron chi connectivity index (χ0n) is 17.7. The fourth-order valence-electron chi connectivity index (χ4n) is 2.94. The van der Waals surface area contributed by atoms with E-state index in [1.807, 2.05) is 99.0 Å². The van der Waals surface area contributed by atoms with E-state index >= 15 is 0 Å². The van der Waals surface area contributed by atoms with E-state index < -0.39 is 0 Å². The second-order valence-electron chi connectivity index (χ2n) is 7.26. The van der Waals surface area contributed by atoms with Gasteiger partial charge in [-0.25, -0.2) is 0 Å². The zero-order valence-corrected chi connectivity index (χ0v) is 17.7. The molecule has 0 aliphatic carbocycles. The first-order valence-corrected chi connectivity index (χ1v) is 9.92. The number of allylic oxidation sites excluding steroid dienone is 1. The first-order chi connectivity index (χ1) is 14.5. The summed E-state index contributed by atoms with van der Waals surface area (Å²) in [5.74, 6) is -0.0256. The van der Waals surface area contributed by atoms with Crippen LogP contribution in [-0.4, -0.2) is 33.1 Å². The molecular formula is C26H27N3O. The maximum atomic E-state index is 12.4. The number of benzene rings is 3. The van der Waals surface area contributed by atoms with E-state index in [1.165, 1.54) is 5.56 Å². The van der Waals surface area contributed by atoms with Crippen molar-refractivity contribution in [2.75, 3.05) is 26.0 Å². The van der Waals surface area contributed by atoms with E-state index in [0.29, 0.717) is 5.56 Å². The van der Waals surface area contributed by atoms with Gasteiger partial charge >= 0.3 is 0 Å². The van der Waals surface area contributed by atoms with Crippen LogP contribution in [0.2, 0.25) is 0 Å². The van der Waals surface area contributed by atoms with Gasteiger partial charge in [-0.2, -0.15) is 0 Å². The minimum Gasteiger partial charge on any atom is -0.378 e. The summed E-state index contributed by atoms with van der Waals surface area (Å²) in [6, 6.07) is 23.7. The molecule has 0 bridgehead atoms. The zero-order chi connectivity index (χ0) is 21.3. The van der Waals surface area contributed by atoms with Gasteiger partial charge in [0.05, 0.1) is 5.69 Å². The lowest BCUT2D eigenvalue weighted by atomic mass is 10.1. The van der Waals surface area contributed by atoms with Gasteiger partial charge in [-0.1, -0.05) is 42.5 Å². The predicted octanol–water partition coefficient (Wildman–Crippen LogP) is 5.12. The van der Waals surface area contributed by atoms with Crippen LogP contribution < -0.4 is 10.2 Å². The van der Waals surface area contributed by atoms with Crippen LogP contribution >= 0.6 is 0 Å². The largest absolute Gasteiger partial charge is 0.378 e. The SMILES string of the molecule is CNCc1ccc(C=Nc2ccc(C(=O)C=Cc3ccc(N(C)C)cc3)cc2)cc1. The molecule has 0 saturated carbocycles. The molecule has 0 saturated heterocycles. The molecule has 30 heavy (non-hydrogen) atoms. The van der Waals surface area contributed by atoms with Crippen molar-refractivity contribution in [1.82, 2.24) is 5.32 Å². The van der Waals surface area contributed by atoms with E-state index in [2.05, 4.69) is 22.4 Å². The lowest BCUT2D eigenvalue weighted by Crippen LogP contribution is -2.07. The Kier molecular flexibility index (Phi) is 7.30. The molecule has 0 unspecified atom stereocenters. The Hall–Kier alpha value is -3.50. The molecule has 1 N–H and O–H groups in total. The van der Waals surface area contributed by atoms with Gasteiger partial charge in [0.15, 0.2) is 5.78 Å². The third-order valence-corrected chi connectivity index (χ3v) is 4.71. The molecule has 152 valence electrons. The van der Waals surface area contributed by atoms with Crippen LogP contribution in [0.3, 0.4) is 0 Å². The highest BCUT2D eigenvalue weighted by Gasteiger charge is 2.02. The number of carbonyl (C=O) groups excluding carboxylic acids is 1. The smallest absolute Gasteiger partial charge is 0.185 e. The van der Waals surface area contributed by atoms with Crippen LogP contribution in [0.25, 0.3) is 6.08 Å². The van der Waals surface area contributed by atoms with Gasteiger partial charge in [-0.3, -0.25) is 9.79 Å². The minimum atomic E-state index is -0.0256. The maximum Gasteiger partial charge on any atom is 0.185 e. The van der Waals surface area contributed by atoms with Crippen LogP contribution in [0.4, 0.5) is 11.4 Å². The van der Waals surface area contributed by atoms with Crippen molar-refractivity contribution in [3.8, 4) is 0 Å². The number of hydrogen-bond acceptors (Lipinski definition) is 4. The second kappa shape index (κ2) is 10.3. The van der Waals surface area contributed by atoms with Gasteiger partial charge in [0.25, 0.3) is 0 Å². The minimum absolute atomic E-state index is 0.0256. The van der Waals surface area contributed by atoms with E-state index in [-0.39, 0.29) is 5.78 Å². The summed E-state index contributed by atoms with van der Waals surface area (Å²) < 4.78 is 0. The fraction of sp³-hybridized carbons (Fsp3) is 0.154. The normalized spacial score (nSPS) is 11.3. The Morgan fingerprint density at radius 2 is 1.53 bits per heavy atom. The number of nitrogens with one attached hydrogen (secondary N) is 1. The Bertz CT molecular complexity index is 1020. The average molecular weight is 398 g/mol. The van der Waals surface area contributed by atoms with Crippen molar-refractivity contribution in [3.05, 3.63) is 101 Å². The molecule has 3 rings (SSSR count). The van der Waals surface area contributed by atoms with Gasteiger partial charge in [-0.05, 0) is 66.2 Å². The molecule has 0 amide bonds. The van der Waals surface area contributed by atoms with Crippen molar-refractivity contribution in [2.45, 2.75) is 6.54 Å². The molecule has 4 nitrogen and oxygen atoms in total. The van der Waals surface area contributed by atoms with Crippen molar-refractivity contribution in [2.24, 2.45) is 4.99 Å². The molecular weight excluding hydrogens is 370 g/mol. The standard InChI is InChI=1S/C26H27N3O/c1-27-18-21-4-6-22(7-5-21)19-28-24-13-11-23(12-14-24)26(30)17-10-20-8-15-25(16-9-20)29(2)3/h4-17,19,27H,18H2,1-3H3. The first-order valence-electron chi connectivity index (χ1n) is 9.92. The number of ketones is 1. The number of rotatable bonds is 8. The lowest BCUT2D eigenvalue weighted by Gasteiger charge is -2.11. The van der Waals surface area contributed by atoms with Gasteiger partial charge in [0.1, 0.15) is 0 Å². The third kappa shape index (κ3) is 6.00. The number of anilines is 1. The van der Waals surface area contributed by atoms with E-state index in [9.17, 15) is 4.79 Å². The van der Waals surface area contributed by atoms with Crippen LogP contribution in [0.5, 0.6) is 0 Å². The number of hydrogen-bond donors (Lipinski definition) is 1. The quantitative estimate of drug-likeness (QED) is 0.326. The molecule has 0 heterocycles. The summed E-state index contributed by atoms with van der Waals surface area (Å²) in [5, 5.41) is 3.13. The maximum absolute atomic E-state index is 12.4. The Labute approximate surface area is 178 Å². The second-order valence-corrected chi connectivity index (χ2v) is 7.26. The van der Waals surface area contributed by atoms with Gasteiger partial charge < -0.3 is 10.2 Å². The van der Waals surface area contributed by atoms with Gasteiger partial charge in [0.2, 0.25) is 0 Å². The number of carbonyl (C=O) groups is 1. The molecule has 4 heteroatoms. The Morgan fingerprint density at radius 1 is 0.900 bits per heavy atom. The molecule has 0 aromatic heterocycles. The molecule has 0 atom stereocenters. The average Bonchev–Trinajstić information content (AvgIpc) is 2.78. The van der Waals surface area contributed by atoms with Crippen molar-refractivity contribution in [1.29, 1.82) is 0 Å². The summed E-state index contributed by atoms with van der Waals surface area (Å²) in [7, 11) is 5.94. The highest BCUT2D eigenvalue weighted by Crippen LogP contribution is 2.16. The first kappa shape index (κ1) is 21.2. The Balaban J connectivity index is 1.60. The molecule has 0 radical (unpaired) electrons. The molecule has 3 aromatic rings. The van der Waals surface area contributed by atoms with E-state index in [4.69, 9.17) is 0 Å². The highest BCUT2D eigenvalue weighted by atomic mass is 16.1. The van der Waals surface area contributed by atoms with Crippen LogP contribution in [0.1, 0.15) is 27.0 Å². The molecule has 0 aliphatic rings. The third-order valence-electron chi connectivity index (χ3n) is 4.71. The van der Waals surface area contributed by atoms with Crippen LogP contribution in [0.15, 0.2) is 83.9 Å². The summed E-state index contributed by atoms with van der Waals surface area (Å²) in [6.07, 6.45) is 5.28. The molecule has 3 aromatic carbocycles. The molecule has 0 aliphatic heterocycles. The van der Waals surface area contributed by atoms with Gasteiger partial charge in [0, 0.05) is 38.1 Å². The highest BCUT2D eigenvalue weighted by molar-refractivity contribution is 6.07.